The highest BCUT2D eigenvalue weighted by Gasteiger charge is 2.89. The van der Waals surface area contributed by atoms with Gasteiger partial charge in [-0.25, -0.2) is 0 Å². The zero-order chi connectivity index (χ0) is 20.2. The first-order valence-electron chi connectivity index (χ1n) is 13.0. The van der Waals surface area contributed by atoms with E-state index in [1.54, 1.807) is 7.11 Å². The maximum atomic E-state index is 13.9. The summed E-state index contributed by atoms with van der Waals surface area (Å²) in [6, 6.07) is 10.2. The van der Waals surface area contributed by atoms with Gasteiger partial charge in [0.1, 0.15) is 17.8 Å². The predicted octanol–water partition coefficient (Wildman–Crippen LogP) is 4.52. The van der Waals surface area contributed by atoms with Gasteiger partial charge in [-0.15, -0.1) is 0 Å². The molecule has 0 saturated heterocycles. The normalized spacial score (nSPS) is 61.6. The number of rotatable bonds is 4. The molecule has 8 saturated carbocycles. The summed E-state index contributed by atoms with van der Waals surface area (Å²) in [5.74, 6) is 13.0. The number of hydrogen-bond donors (Lipinski definition) is 0. The lowest BCUT2D eigenvalue weighted by molar-refractivity contribution is -0.165. The van der Waals surface area contributed by atoms with E-state index in [1.807, 2.05) is 30.3 Å². The first kappa shape index (κ1) is 17.0. The van der Waals surface area contributed by atoms with Crippen LogP contribution in [0.4, 0.5) is 0 Å². The molecule has 0 N–H and O–H groups in total. The maximum Gasteiger partial charge on any atom is 0.315 e. The minimum atomic E-state index is -0.409. The van der Waals surface area contributed by atoms with Crippen LogP contribution in [-0.4, -0.2) is 19.7 Å². The molecule has 0 aliphatic heterocycles. The highest BCUT2D eigenvalue weighted by molar-refractivity contribution is 5.79. The van der Waals surface area contributed by atoms with Gasteiger partial charge in [0.15, 0.2) is 0 Å². The molecular formula is C28H32O3. The fourth-order valence-electron chi connectivity index (χ4n) is 13.4. The van der Waals surface area contributed by atoms with Crippen LogP contribution in [0, 0.1) is 88.3 Å². The highest BCUT2D eigenvalue weighted by Crippen LogP contribution is 2.90. The summed E-state index contributed by atoms with van der Waals surface area (Å²) in [7, 11) is 1.64. The molecule has 8 fully saturated rings. The summed E-state index contributed by atoms with van der Waals surface area (Å²) in [6.07, 6.45) is 5.63. The van der Waals surface area contributed by atoms with Crippen molar-refractivity contribution in [1.29, 1.82) is 0 Å². The molecule has 162 valence electrons. The van der Waals surface area contributed by atoms with Crippen LogP contribution in [0.3, 0.4) is 0 Å². The van der Waals surface area contributed by atoms with Crippen molar-refractivity contribution < 1.29 is 14.3 Å². The van der Waals surface area contributed by atoms with Crippen LogP contribution >= 0.6 is 0 Å². The molecule has 0 radical (unpaired) electrons. The molecule has 8 aliphatic carbocycles. The first-order valence-corrected chi connectivity index (χ1v) is 13.0. The number of esters is 1. The van der Waals surface area contributed by atoms with Crippen molar-refractivity contribution in [3.8, 4) is 5.75 Å². The molecule has 3 nitrogen and oxygen atoms in total. The number of carbonyl (C=O) groups is 1. The maximum absolute atomic E-state index is 13.9. The Morgan fingerprint density at radius 2 is 1.29 bits per heavy atom. The summed E-state index contributed by atoms with van der Waals surface area (Å²) in [5.41, 5.74) is -0.409. The third-order valence-corrected chi connectivity index (χ3v) is 12.9. The number of carbonyl (C=O) groups excluding carboxylic acids is 1. The van der Waals surface area contributed by atoms with Gasteiger partial charge in [0.2, 0.25) is 0 Å². The SMILES string of the molecule is COC(=O)C1(COc2ccccc2)[C@@H]2[C@H]3CC[C@H]4C5C6[C@H]([C@@H]2[C@@H]2[C@@H]6[C@H]6[C@@H](CC[C@H]56)[C@@H]21)[C@@H]34. The molecule has 31 heavy (non-hydrogen) atoms. The van der Waals surface area contributed by atoms with Crippen LogP contribution in [0.15, 0.2) is 30.3 Å². The molecule has 3 unspecified atom stereocenters. The zero-order valence-electron chi connectivity index (χ0n) is 18.2. The Labute approximate surface area is 184 Å². The number of fused-ring (bicyclic) bond motifs is 4. The largest absolute Gasteiger partial charge is 0.492 e. The van der Waals surface area contributed by atoms with Crippen molar-refractivity contribution in [2.75, 3.05) is 13.7 Å². The molecule has 1 aromatic carbocycles. The van der Waals surface area contributed by atoms with Crippen molar-refractivity contribution in [3.63, 3.8) is 0 Å². The second-order valence-corrected chi connectivity index (χ2v) is 12.6. The molecule has 15 atom stereocenters. The fourth-order valence-corrected chi connectivity index (χ4v) is 13.4. The molecule has 0 aromatic heterocycles. The van der Waals surface area contributed by atoms with Gasteiger partial charge in [-0.05, 0) is 121 Å². The average Bonchev–Trinajstić information content (AvgIpc) is 3.58. The number of benzene rings is 1. The Morgan fingerprint density at radius 3 is 1.87 bits per heavy atom. The minimum absolute atomic E-state index is 0.0766. The van der Waals surface area contributed by atoms with E-state index < -0.39 is 5.41 Å². The Kier molecular flexibility index (Phi) is 2.84. The lowest BCUT2D eigenvalue weighted by Gasteiger charge is -2.42. The second kappa shape index (κ2) is 5.18. The summed E-state index contributed by atoms with van der Waals surface area (Å²) >= 11 is 0. The number of ether oxygens (including phenoxy) is 2. The molecule has 9 rings (SSSR count). The van der Waals surface area contributed by atoms with Gasteiger partial charge in [0.05, 0.1) is 7.11 Å². The molecule has 1 aromatic rings. The van der Waals surface area contributed by atoms with Gasteiger partial charge >= 0.3 is 5.97 Å². The van der Waals surface area contributed by atoms with Crippen LogP contribution in [-0.2, 0) is 9.53 Å². The molecule has 0 heterocycles. The van der Waals surface area contributed by atoms with Crippen molar-refractivity contribution >= 4 is 5.97 Å². The van der Waals surface area contributed by atoms with Crippen molar-refractivity contribution in [2.24, 2.45) is 88.3 Å². The van der Waals surface area contributed by atoms with E-state index in [1.165, 1.54) is 25.7 Å². The molecule has 0 bridgehead atoms. The van der Waals surface area contributed by atoms with Crippen molar-refractivity contribution in [3.05, 3.63) is 30.3 Å². The van der Waals surface area contributed by atoms with Gasteiger partial charge < -0.3 is 9.47 Å². The summed E-state index contributed by atoms with van der Waals surface area (Å²) in [6.45, 7) is 0.543. The zero-order valence-corrected chi connectivity index (χ0v) is 18.2. The lowest BCUT2D eigenvalue weighted by atomic mass is 9.62. The first-order chi connectivity index (χ1) is 15.3. The third kappa shape index (κ3) is 1.53. The van der Waals surface area contributed by atoms with E-state index in [2.05, 4.69) is 0 Å². The molecule has 0 amide bonds. The second-order valence-electron chi connectivity index (χ2n) is 12.6. The topological polar surface area (TPSA) is 35.5 Å². The van der Waals surface area contributed by atoms with E-state index in [9.17, 15) is 4.79 Å². The van der Waals surface area contributed by atoms with Crippen LogP contribution in [0.1, 0.15) is 25.7 Å². The Morgan fingerprint density at radius 1 is 0.774 bits per heavy atom. The molecule has 8 aliphatic rings. The minimum Gasteiger partial charge on any atom is -0.492 e. The lowest BCUT2D eigenvalue weighted by Crippen LogP contribution is -2.50. The Balaban J connectivity index is 1.25. The van der Waals surface area contributed by atoms with Gasteiger partial charge in [0, 0.05) is 0 Å². The molecule has 0 spiro atoms. The molecular weight excluding hydrogens is 384 g/mol. The smallest absolute Gasteiger partial charge is 0.315 e. The number of methoxy groups -OCH3 is 1. The summed E-state index contributed by atoms with van der Waals surface area (Å²) < 4.78 is 12.2. The molecule has 3 heteroatoms. The van der Waals surface area contributed by atoms with E-state index in [-0.39, 0.29) is 5.97 Å². The van der Waals surface area contributed by atoms with Crippen LogP contribution < -0.4 is 4.74 Å². The van der Waals surface area contributed by atoms with Gasteiger partial charge in [-0.1, -0.05) is 18.2 Å². The van der Waals surface area contributed by atoms with Crippen LogP contribution in [0.2, 0.25) is 0 Å². The van der Waals surface area contributed by atoms with E-state index >= 15 is 0 Å². The van der Waals surface area contributed by atoms with E-state index in [4.69, 9.17) is 9.47 Å². The van der Waals surface area contributed by atoms with Gasteiger partial charge in [-0.2, -0.15) is 0 Å². The predicted molar refractivity (Wildman–Crippen MR) is 114 cm³/mol. The monoisotopic (exact) mass is 416 g/mol. The fraction of sp³-hybridized carbons (Fsp3) is 0.750. The van der Waals surface area contributed by atoms with E-state index in [0.29, 0.717) is 18.4 Å². The third-order valence-electron chi connectivity index (χ3n) is 12.9. The standard InChI is InChI=1S/C28H32O3/c1-30-27(29)28(11-31-12-5-3-2-4-6-12)25-15-9-7-13-17-14-8-10-16-19(14)22-20(17)21(18(13)15)23(25)24(22)26(16)28/h2-6,13-26H,7-11H2,1H3/t13-,14+,15-,16+,17?,18-,19-,20?,21-,22-,23+,24-,25+,26-,28?/m1/s1. The quantitative estimate of drug-likeness (QED) is 0.677. The number of hydrogen-bond acceptors (Lipinski definition) is 3. The van der Waals surface area contributed by atoms with E-state index in [0.717, 1.165) is 76.8 Å². The van der Waals surface area contributed by atoms with Gasteiger partial charge in [0.25, 0.3) is 0 Å². The highest BCUT2D eigenvalue weighted by atomic mass is 16.5. The Hall–Kier alpha value is -1.51. The summed E-state index contributed by atoms with van der Waals surface area (Å²) in [4.78, 5) is 13.9. The van der Waals surface area contributed by atoms with Crippen LogP contribution in [0.5, 0.6) is 5.75 Å². The van der Waals surface area contributed by atoms with Crippen molar-refractivity contribution in [1.82, 2.24) is 0 Å². The average molecular weight is 417 g/mol. The van der Waals surface area contributed by atoms with Gasteiger partial charge in [-0.3, -0.25) is 4.79 Å². The summed E-state index contributed by atoms with van der Waals surface area (Å²) in [5, 5.41) is 0. The number of para-hydroxylation sites is 1. The van der Waals surface area contributed by atoms with Crippen LogP contribution in [0.25, 0.3) is 0 Å². The Bertz CT molecular complexity index is 941. The van der Waals surface area contributed by atoms with Crippen molar-refractivity contribution in [2.45, 2.75) is 25.7 Å².